The van der Waals surface area contributed by atoms with Crippen LogP contribution < -0.4 is 10.2 Å². The second kappa shape index (κ2) is 7.35. The van der Waals surface area contributed by atoms with Gasteiger partial charge in [0.25, 0.3) is 0 Å². The first-order chi connectivity index (χ1) is 14.8. The molecule has 1 fully saturated rings. The number of rotatable bonds is 2. The Hall–Kier alpha value is -2.90. The number of nitrogens with zero attached hydrogens (tertiary/aromatic N) is 5. The van der Waals surface area contributed by atoms with E-state index in [9.17, 15) is 5.11 Å². The van der Waals surface area contributed by atoms with Gasteiger partial charge in [0.05, 0.1) is 28.1 Å². The van der Waals surface area contributed by atoms with E-state index in [0.29, 0.717) is 34.0 Å². The van der Waals surface area contributed by atoms with Gasteiger partial charge in [-0.15, -0.1) is 0 Å². The van der Waals surface area contributed by atoms with E-state index in [1.165, 1.54) is 0 Å². The summed E-state index contributed by atoms with van der Waals surface area (Å²) >= 11 is 6.80. The van der Waals surface area contributed by atoms with Crippen molar-refractivity contribution >= 4 is 39.2 Å². The van der Waals surface area contributed by atoms with E-state index in [2.05, 4.69) is 34.1 Å². The monoisotopic (exact) mass is 436 g/mol. The summed E-state index contributed by atoms with van der Waals surface area (Å²) in [5.41, 5.74) is 4.32. The predicted molar refractivity (Wildman–Crippen MR) is 125 cm³/mol. The molecule has 31 heavy (non-hydrogen) atoms. The van der Waals surface area contributed by atoms with E-state index >= 15 is 0 Å². The normalized spacial score (nSPS) is 19.5. The molecule has 0 aliphatic carbocycles. The number of hydrogen-bond donors (Lipinski definition) is 2. The summed E-state index contributed by atoms with van der Waals surface area (Å²) in [6.45, 7) is 7.97. The Bertz CT molecular complexity index is 1310. The minimum absolute atomic E-state index is 0.185. The molecule has 0 amide bonds. The fraction of sp³-hybridized carbons (Fsp3) is 0.348. The summed E-state index contributed by atoms with van der Waals surface area (Å²) in [4.78, 5) is 11.6. The summed E-state index contributed by atoms with van der Waals surface area (Å²) in [6, 6.07) is 6.50. The third-order valence-electron chi connectivity index (χ3n) is 5.94. The highest BCUT2D eigenvalue weighted by Gasteiger charge is 2.24. The van der Waals surface area contributed by atoms with Crippen LogP contribution >= 0.6 is 11.6 Å². The molecule has 0 spiro atoms. The lowest BCUT2D eigenvalue weighted by molar-refractivity contribution is 0.407. The maximum atomic E-state index is 10.8. The summed E-state index contributed by atoms with van der Waals surface area (Å²) in [5.74, 6) is 0.185. The second-order valence-corrected chi connectivity index (χ2v) is 8.92. The molecule has 4 aromatic rings. The number of aromatic nitrogens is 4. The number of hydrogen-bond acceptors (Lipinski definition) is 6. The molecule has 1 aliphatic rings. The number of aryl methyl sites for hydroxylation is 2. The Morgan fingerprint density at radius 3 is 2.68 bits per heavy atom. The number of anilines is 1. The van der Waals surface area contributed by atoms with Crippen LogP contribution in [0.25, 0.3) is 33.2 Å². The molecule has 0 radical (unpaired) electrons. The quantitative estimate of drug-likeness (QED) is 0.493. The SMILES string of the molecule is Cc1c(O)c(-c2ccc3c(Cl)c(N4C[C@@H](C)N[C@@H](C)C4)cnc3n2)cc2cn(C)nc12. The molecule has 1 aromatic carbocycles. The van der Waals surface area contributed by atoms with E-state index in [0.717, 1.165) is 40.6 Å². The van der Waals surface area contributed by atoms with Crippen molar-refractivity contribution in [1.82, 2.24) is 25.1 Å². The highest BCUT2D eigenvalue weighted by atomic mass is 35.5. The Labute approximate surface area is 185 Å². The minimum Gasteiger partial charge on any atom is -0.507 e. The van der Waals surface area contributed by atoms with Crippen LogP contribution in [0.3, 0.4) is 0 Å². The molecule has 1 saturated heterocycles. The number of benzene rings is 1. The molecule has 3 aromatic heterocycles. The largest absolute Gasteiger partial charge is 0.507 e. The Balaban J connectivity index is 1.59. The van der Waals surface area contributed by atoms with Crippen LogP contribution in [-0.2, 0) is 7.05 Å². The van der Waals surface area contributed by atoms with Gasteiger partial charge in [0, 0.05) is 60.3 Å². The van der Waals surface area contributed by atoms with Crippen molar-refractivity contribution in [3.8, 4) is 17.0 Å². The average molecular weight is 437 g/mol. The summed E-state index contributed by atoms with van der Waals surface area (Å²) in [6.07, 6.45) is 3.74. The Morgan fingerprint density at radius 1 is 1.19 bits per heavy atom. The van der Waals surface area contributed by atoms with Gasteiger partial charge in [0.1, 0.15) is 5.75 Å². The number of phenols is 1. The highest BCUT2D eigenvalue weighted by Crippen LogP contribution is 2.38. The van der Waals surface area contributed by atoms with Gasteiger partial charge in [0.2, 0.25) is 0 Å². The van der Waals surface area contributed by atoms with Crippen molar-refractivity contribution in [1.29, 1.82) is 0 Å². The zero-order chi connectivity index (χ0) is 21.9. The van der Waals surface area contributed by atoms with Crippen molar-refractivity contribution in [2.24, 2.45) is 7.05 Å². The average Bonchev–Trinajstić information content (AvgIpc) is 3.10. The zero-order valence-electron chi connectivity index (χ0n) is 18.0. The van der Waals surface area contributed by atoms with Crippen LogP contribution in [-0.4, -0.2) is 50.0 Å². The molecule has 5 rings (SSSR count). The van der Waals surface area contributed by atoms with E-state index in [4.69, 9.17) is 16.6 Å². The molecule has 2 N–H and O–H groups in total. The fourth-order valence-electron chi connectivity index (χ4n) is 4.57. The molecular weight excluding hydrogens is 412 g/mol. The number of nitrogens with one attached hydrogen (secondary N) is 1. The van der Waals surface area contributed by atoms with E-state index in [-0.39, 0.29) is 5.75 Å². The standard InChI is InChI=1S/C23H25ClN6O/c1-12-9-30(10-13(2)26-12)19-8-25-23-16(20(19)24)5-6-18(27-23)17-7-15-11-29(4)28-21(15)14(3)22(17)31/h5-8,11-13,26,31H,9-10H2,1-4H3/t12-,13+. The third-order valence-corrected chi connectivity index (χ3v) is 6.34. The fourth-order valence-corrected chi connectivity index (χ4v) is 4.88. The topological polar surface area (TPSA) is 79.1 Å². The highest BCUT2D eigenvalue weighted by molar-refractivity contribution is 6.37. The van der Waals surface area contributed by atoms with Gasteiger partial charge >= 0.3 is 0 Å². The molecule has 0 bridgehead atoms. The van der Waals surface area contributed by atoms with Gasteiger partial charge in [-0.25, -0.2) is 9.97 Å². The first kappa shape index (κ1) is 20.0. The number of fused-ring (bicyclic) bond motifs is 2. The van der Waals surface area contributed by atoms with Gasteiger partial charge < -0.3 is 15.3 Å². The van der Waals surface area contributed by atoms with Crippen LogP contribution in [0.4, 0.5) is 5.69 Å². The molecule has 7 nitrogen and oxygen atoms in total. The third kappa shape index (κ3) is 3.38. The van der Waals surface area contributed by atoms with Crippen LogP contribution in [0.1, 0.15) is 19.4 Å². The first-order valence-electron chi connectivity index (χ1n) is 10.4. The number of phenolic OH excluding ortho intramolecular Hbond substituents is 1. The van der Waals surface area contributed by atoms with Gasteiger partial charge in [0.15, 0.2) is 5.65 Å². The van der Waals surface area contributed by atoms with Crippen LogP contribution in [0.2, 0.25) is 5.02 Å². The molecule has 8 heteroatoms. The molecule has 2 atom stereocenters. The maximum absolute atomic E-state index is 10.8. The van der Waals surface area contributed by atoms with Crippen LogP contribution in [0, 0.1) is 6.92 Å². The lowest BCUT2D eigenvalue weighted by atomic mass is 10.0. The van der Waals surface area contributed by atoms with Gasteiger partial charge in [-0.05, 0) is 39.0 Å². The molecule has 1 aliphatic heterocycles. The van der Waals surface area contributed by atoms with Crippen LogP contribution in [0.15, 0.2) is 30.6 Å². The summed E-state index contributed by atoms with van der Waals surface area (Å²) in [5, 5.41) is 21.2. The molecule has 0 unspecified atom stereocenters. The van der Waals surface area contributed by atoms with Gasteiger partial charge in [-0.3, -0.25) is 4.68 Å². The lowest BCUT2D eigenvalue weighted by Gasteiger charge is -2.37. The molecule has 0 saturated carbocycles. The van der Waals surface area contributed by atoms with Crippen molar-refractivity contribution < 1.29 is 5.11 Å². The summed E-state index contributed by atoms with van der Waals surface area (Å²) in [7, 11) is 1.87. The molecule has 4 heterocycles. The van der Waals surface area contributed by atoms with Crippen LogP contribution in [0.5, 0.6) is 5.75 Å². The molecular formula is C23H25ClN6O. The molecule has 160 valence electrons. The van der Waals surface area contributed by atoms with Gasteiger partial charge in [-0.1, -0.05) is 11.6 Å². The van der Waals surface area contributed by atoms with Crippen molar-refractivity contribution in [3.63, 3.8) is 0 Å². The smallest absolute Gasteiger partial charge is 0.161 e. The number of pyridine rings is 2. The maximum Gasteiger partial charge on any atom is 0.161 e. The van der Waals surface area contributed by atoms with Crippen molar-refractivity contribution in [3.05, 3.63) is 41.2 Å². The number of aromatic hydroxyl groups is 1. The second-order valence-electron chi connectivity index (χ2n) is 8.54. The first-order valence-corrected chi connectivity index (χ1v) is 10.8. The predicted octanol–water partition coefficient (Wildman–Crippen LogP) is 4.04. The van der Waals surface area contributed by atoms with Crippen molar-refractivity contribution in [2.45, 2.75) is 32.9 Å². The Kier molecular flexibility index (Phi) is 4.75. The number of piperazine rings is 1. The van der Waals surface area contributed by atoms with Crippen molar-refractivity contribution in [2.75, 3.05) is 18.0 Å². The van der Waals surface area contributed by atoms with E-state index in [1.807, 2.05) is 44.6 Å². The number of halogens is 1. The zero-order valence-corrected chi connectivity index (χ0v) is 18.8. The minimum atomic E-state index is 0.185. The Morgan fingerprint density at radius 2 is 1.94 bits per heavy atom. The van der Waals surface area contributed by atoms with Gasteiger partial charge in [-0.2, -0.15) is 5.10 Å². The van der Waals surface area contributed by atoms with E-state index in [1.54, 1.807) is 4.68 Å². The van der Waals surface area contributed by atoms with E-state index < -0.39 is 0 Å². The lowest BCUT2D eigenvalue weighted by Crippen LogP contribution is -2.54. The summed E-state index contributed by atoms with van der Waals surface area (Å²) < 4.78 is 1.75.